The molecule has 66 valence electrons. The molecule has 1 nitrogen and oxygen atoms in total. The Morgan fingerprint density at radius 2 is 1.92 bits per heavy atom. The average molecular weight is 171 g/mol. The molecule has 0 aliphatic carbocycles. The standard InChI is InChI=1S/C12H13N/c1-11-6-5-9-13(10-11)12-7-3-2-4-8-12/h2-9H,10H2,1H3. The molecule has 1 aromatic carbocycles. The number of hydrogen-bond donors (Lipinski definition) is 0. The topological polar surface area (TPSA) is 3.24 Å². The van der Waals surface area contributed by atoms with E-state index in [0.717, 1.165) is 6.54 Å². The lowest BCUT2D eigenvalue weighted by molar-refractivity contribution is 1.01. The first kappa shape index (κ1) is 8.11. The van der Waals surface area contributed by atoms with Crippen LogP contribution < -0.4 is 4.90 Å². The Hall–Kier alpha value is -1.50. The highest BCUT2D eigenvalue weighted by atomic mass is 15.1. The Balaban J connectivity index is 2.21. The quantitative estimate of drug-likeness (QED) is 0.628. The summed E-state index contributed by atoms with van der Waals surface area (Å²) in [4.78, 5) is 2.25. The third-order valence-corrected chi connectivity index (χ3v) is 2.15. The molecule has 0 saturated heterocycles. The molecule has 0 spiro atoms. The second-order valence-electron chi connectivity index (χ2n) is 3.32. The van der Waals surface area contributed by atoms with E-state index in [4.69, 9.17) is 0 Å². The van der Waals surface area contributed by atoms with Crippen LogP contribution in [-0.4, -0.2) is 6.54 Å². The molecule has 0 unspecified atom stereocenters. The molecular weight excluding hydrogens is 158 g/mol. The predicted octanol–water partition coefficient (Wildman–Crippen LogP) is 2.97. The molecule has 0 atom stereocenters. The fourth-order valence-corrected chi connectivity index (χ4v) is 1.48. The number of nitrogens with zero attached hydrogens (tertiary/aromatic N) is 1. The van der Waals surface area contributed by atoms with Crippen molar-refractivity contribution >= 4 is 5.69 Å². The summed E-state index contributed by atoms with van der Waals surface area (Å²) in [5, 5.41) is 0. The van der Waals surface area contributed by atoms with Gasteiger partial charge in [-0.05, 0) is 25.1 Å². The minimum absolute atomic E-state index is 1.00. The summed E-state index contributed by atoms with van der Waals surface area (Å²) in [6.45, 7) is 3.15. The number of allylic oxidation sites excluding steroid dienone is 2. The van der Waals surface area contributed by atoms with E-state index in [1.807, 2.05) is 6.07 Å². The number of hydrogen-bond acceptors (Lipinski definition) is 1. The van der Waals surface area contributed by atoms with Crippen molar-refractivity contribution in [2.75, 3.05) is 11.4 Å². The van der Waals surface area contributed by atoms with E-state index in [0.29, 0.717) is 0 Å². The maximum Gasteiger partial charge on any atom is 0.0435 e. The lowest BCUT2D eigenvalue weighted by Crippen LogP contribution is -2.19. The molecule has 1 heteroatoms. The van der Waals surface area contributed by atoms with Crippen LogP contribution in [0.5, 0.6) is 0 Å². The highest BCUT2D eigenvalue weighted by Gasteiger charge is 2.04. The van der Waals surface area contributed by atoms with Crippen molar-refractivity contribution in [1.29, 1.82) is 0 Å². The monoisotopic (exact) mass is 171 g/mol. The fourth-order valence-electron chi connectivity index (χ4n) is 1.48. The van der Waals surface area contributed by atoms with Gasteiger partial charge in [0.05, 0.1) is 0 Å². The Kier molecular flexibility index (Phi) is 2.17. The lowest BCUT2D eigenvalue weighted by atomic mass is 10.2. The van der Waals surface area contributed by atoms with Crippen molar-refractivity contribution in [3.63, 3.8) is 0 Å². The van der Waals surface area contributed by atoms with Gasteiger partial charge in [-0.1, -0.05) is 29.8 Å². The zero-order valence-corrected chi connectivity index (χ0v) is 7.77. The summed E-state index contributed by atoms with van der Waals surface area (Å²) < 4.78 is 0. The first-order valence-corrected chi connectivity index (χ1v) is 4.52. The molecule has 2 rings (SSSR count). The van der Waals surface area contributed by atoms with E-state index in [9.17, 15) is 0 Å². The molecule has 0 fully saturated rings. The maximum atomic E-state index is 2.25. The summed E-state index contributed by atoms with van der Waals surface area (Å²) in [5.41, 5.74) is 2.65. The van der Waals surface area contributed by atoms with E-state index in [-0.39, 0.29) is 0 Å². The minimum Gasteiger partial charge on any atom is -0.344 e. The molecular formula is C12H13N. The van der Waals surface area contributed by atoms with Gasteiger partial charge in [0, 0.05) is 18.4 Å². The van der Waals surface area contributed by atoms with Gasteiger partial charge >= 0.3 is 0 Å². The summed E-state index contributed by atoms with van der Waals surface area (Å²) in [7, 11) is 0. The van der Waals surface area contributed by atoms with Crippen molar-refractivity contribution in [2.45, 2.75) is 6.92 Å². The van der Waals surface area contributed by atoms with Crippen LogP contribution in [0.25, 0.3) is 0 Å². The van der Waals surface area contributed by atoms with E-state index in [1.165, 1.54) is 11.3 Å². The zero-order valence-electron chi connectivity index (χ0n) is 7.77. The van der Waals surface area contributed by atoms with Crippen molar-refractivity contribution in [2.24, 2.45) is 0 Å². The van der Waals surface area contributed by atoms with Crippen molar-refractivity contribution in [3.8, 4) is 0 Å². The zero-order chi connectivity index (χ0) is 9.10. The first-order chi connectivity index (χ1) is 6.36. The van der Waals surface area contributed by atoms with Crippen LogP contribution in [0.2, 0.25) is 0 Å². The SMILES string of the molecule is CC1=CC=CN(c2ccccc2)C1. The lowest BCUT2D eigenvalue weighted by Gasteiger charge is -2.23. The highest BCUT2D eigenvalue weighted by Crippen LogP contribution is 2.17. The molecule has 0 N–H and O–H groups in total. The molecule has 1 aliphatic heterocycles. The molecule has 0 saturated carbocycles. The average Bonchev–Trinajstić information content (AvgIpc) is 2.19. The number of benzene rings is 1. The van der Waals surface area contributed by atoms with E-state index in [1.54, 1.807) is 0 Å². The fraction of sp³-hybridized carbons (Fsp3) is 0.167. The van der Waals surface area contributed by atoms with Crippen molar-refractivity contribution in [3.05, 3.63) is 54.3 Å². The molecule has 0 bridgehead atoms. The largest absolute Gasteiger partial charge is 0.344 e. The molecule has 1 aromatic rings. The van der Waals surface area contributed by atoms with Gasteiger partial charge in [0.2, 0.25) is 0 Å². The molecule has 0 radical (unpaired) electrons. The Morgan fingerprint density at radius 3 is 2.62 bits per heavy atom. The van der Waals surface area contributed by atoms with E-state index >= 15 is 0 Å². The third-order valence-electron chi connectivity index (χ3n) is 2.15. The van der Waals surface area contributed by atoms with Gasteiger partial charge in [0.15, 0.2) is 0 Å². The van der Waals surface area contributed by atoms with E-state index in [2.05, 4.69) is 54.4 Å². The van der Waals surface area contributed by atoms with Crippen LogP contribution in [0.3, 0.4) is 0 Å². The molecule has 0 aromatic heterocycles. The predicted molar refractivity (Wildman–Crippen MR) is 56.7 cm³/mol. The number of para-hydroxylation sites is 1. The second kappa shape index (κ2) is 3.48. The van der Waals surface area contributed by atoms with E-state index < -0.39 is 0 Å². The highest BCUT2D eigenvalue weighted by molar-refractivity contribution is 5.51. The summed E-state index contributed by atoms with van der Waals surface area (Å²) in [5.74, 6) is 0. The van der Waals surface area contributed by atoms with Gasteiger partial charge in [0.1, 0.15) is 0 Å². The maximum absolute atomic E-state index is 2.25. The van der Waals surface area contributed by atoms with Gasteiger partial charge in [0.25, 0.3) is 0 Å². The number of rotatable bonds is 1. The van der Waals surface area contributed by atoms with Crippen LogP contribution >= 0.6 is 0 Å². The molecule has 1 heterocycles. The van der Waals surface area contributed by atoms with Gasteiger partial charge in [-0.2, -0.15) is 0 Å². The Labute approximate surface area is 79.0 Å². The third kappa shape index (κ3) is 1.81. The summed E-state index contributed by atoms with van der Waals surface area (Å²) in [6, 6.07) is 10.4. The smallest absolute Gasteiger partial charge is 0.0435 e. The normalized spacial score (nSPS) is 15.8. The van der Waals surface area contributed by atoms with Gasteiger partial charge in [-0.25, -0.2) is 0 Å². The summed E-state index contributed by atoms with van der Waals surface area (Å²) >= 11 is 0. The van der Waals surface area contributed by atoms with Crippen LogP contribution in [-0.2, 0) is 0 Å². The minimum atomic E-state index is 1.00. The Morgan fingerprint density at radius 1 is 1.15 bits per heavy atom. The van der Waals surface area contributed by atoms with Gasteiger partial charge in [-0.15, -0.1) is 0 Å². The first-order valence-electron chi connectivity index (χ1n) is 4.52. The van der Waals surface area contributed by atoms with Crippen LogP contribution in [0.15, 0.2) is 54.3 Å². The molecule has 1 aliphatic rings. The van der Waals surface area contributed by atoms with Crippen LogP contribution in [0, 0.1) is 0 Å². The second-order valence-corrected chi connectivity index (χ2v) is 3.32. The molecule has 0 amide bonds. The van der Waals surface area contributed by atoms with Gasteiger partial charge < -0.3 is 4.90 Å². The van der Waals surface area contributed by atoms with Crippen LogP contribution in [0.1, 0.15) is 6.92 Å². The van der Waals surface area contributed by atoms with Crippen LogP contribution in [0.4, 0.5) is 5.69 Å². The summed E-state index contributed by atoms with van der Waals surface area (Å²) in [6.07, 6.45) is 6.35. The van der Waals surface area contributed by atoms with Crippen molar-refractivity contribution in [1.82, 2.24) is 0 Å². The Bertz CT molecular complexity index is 335. The molecule has 13 heavy (non-hydrogen) atoms. The van der Waals surface area contributed by atoms with Gasteiger partial charge in [-0.3, -0.25) is 0 Å². The van der Waals surface area contributed by atoms with Crippen molar-refractivity contribution < 1.29 is 0 Å². The number of anilines is 1.